The number of primary amides is 1. The number of imidazole rings is 1. The maximum Gasteiger partial charge on any atom is 0.406 e. The summed E-state index contributed by atoms with van der Waals surface area (Å²) in [5.41, 5.74) is 5.89. The maximum atomic E-state index is 13.1. The van der Waals surface area contributed by atoms with Crippen molar-refractivity contribution in [2.24, 2.45) is 12.8 Å². The zero-order valence-electron chi connectivity index (χ0n) is 17.9. The summed E-state index contributed by atoms with van der Waals surface area (Å²) in [6.07, 6.45) is -1.34. The second kappa shape index (κ2) is 7.87. The van der Waals surface area contributed by atoms with E-state index < -0.39 is 30.2 Å². The Balaban J connectivity index is 1.58. The van der Waals surface area contributed by atoms with Crippen molar-refractivity contribution in [3.8, 4) is 10.4 Å². The Hall–Kier alpha value is -4.33. The fourth-order valence-electron chi connectivity index (χ4n) is 3.95. The fourth-order valence-corrected chi connectivity index (χ4v) is 4.83. The van der Waals surface area contributed by atoms with Crippen LogP contribution in [0.3, 0.4) is 0 Å². The number of rotatable bonds is 5. The van der Waals surface area contributed by atoms with E-state index in [1.165, 1.54) is 30.5 Å². The number of carbonyl (C=O) groups is 2. The monoisotopic (exact) mass is 503 g/mol. The highest BCUT2D eigenvalue weighted by atomic mass is 32.1. The lowest BCUT2D eigenvalue weighted by atomic mass is 10.1. The summed E-state index contributed by atoms with van der Waals surface area (Å²) in [7, 11) is 1.35. The predicted octanol–water partition coefficient (Wildman–Crippen LogP) is 3.19. The van der Waals surface area contributed by atoms with Crippen LogP contribution in [0.5, 0.6) is 0 Å². The molecule has 0 fully saturated rings. The molecule has 0 aliphatic heterocycles. The highest BCUT2D eigenvalue weighted by molar-refractivity contribution is 7.17. The first-order valence-corrected chi connectivity index (χ1v) is 10.9. The number of benzene rings is 1. The van der Waals surface area contributed by atoms with Gasteiger partial charge in [-0.25, -0.2) is 4.79 Å². The molecule has 35 heavy (non-hydrogen) atoms. The molecule has 0 aliphatic carbocycles. The number of H-pyrrole nitrogens is 2. The van der Waals surface area contributed by atoms with Crippen molar-refractivity contribution in [1.82, 2.24) is 24.3 Å². The molecule has 0 saturated heterocycles. The summed E-state index contributed by atoms with van der Waals surface area (Å²) in [6.45, 7) is -1.49. The second-order valence-electron chi connectivity index (χ2n) is 7.77. The Kier molecular flexibility index (Phi) is 5.05. The first kappa shape index (κ1) is 22.5. The largest absolute Gasteiger partial charge is 0.406 e. The summed E-state index contributed by atoms with van der Waals surface area (Å²) in [5, 5.41) is 9.35. The third kappa shape index (κ3) is 3.86. The molecule has 0 aliphatic rings. The minimum absolute atomic E-state index is 0.00390. The topological polar surface area (TPSA) is 144 Å². The number of carbonyl (C=O) groups excluding carboxylic acids is 2. The quantitative estimate of drug-likeness (QED) is 0.292. The molecule has 0 saturated carbocycles. The van der Waals surface area contributed by atoms with Gasteiger partial charge in [-0.15, -0.1) is 11.3 Å². The normalized spacial score (nSPS) is 12.0. The second-order valence-corrected chi connectivity index (χ2v) is 8.86. The van der Waals surface area contributed by atoms with Crippen LogP contribution in [0.25, 0.3) is 32.4 Å². The molecule has 14 heteroatoms. The van der Waals surface area contributed by atoms with Crippen molar-refractivity contribution < 1.29 is 22.8 Å². The molecule has 5 rings (SSSR count). The molecule has 180 valence electrons. The molecular weight excluding hydrogens is 487 g/mol. The standard InChI is InChI=1S/C21H16F3N7O3S/c1-30-12-5-11-10(4-13(12)31(20(30)34)8-21(22,23)24)16(17(25)32)18(28-11)29-19(33)15-3-2-14(35-15)9-6-26-27-7-9/h2-7,28H,8H2,1H3,(H2,25,32)(H,26,27)(H,29,33). The number of amides is 2. The minimum Gasteiger partial charge on any atom is -0.365 e. The lowest BCUT2D eigenvalue weighted by molar-refractivity contribution is -0.140. The maximum absolute atomic E-state index is 13.1. The summed E-state index contributed by atoms with van der Waals surface area (Å²) < 4.78 is 40.9. The minimum atomic E-state index is -4.63. The molecule has 0 bridgehead atoms. The Morgan fingerprint density at radius 2 is 2.00 bits per heavy atom. The predicted molar refractivity (Wildman–Crippen MR) is 123 cm³/mol. The van der Waals surface area contributed by atoms with Crippen molar-refractivity contribution in [3.05, 3.63) is 57.6 Å². The van der Waals surface area contributed by atoms with E-state index in [9.17, 15) is 27.6 Å². The first-order valence-electron chi connectivity index (χ1n) is 10.1. The van der Waals surface area contributed by atoms with Gasteiger partial charge in [-0.05, 0) is 24.3 Å². The van der Waals surface area contributed by atoms with E-state index in [4.69, 9.17) is 5.73 Å². The number of nitrogens with one attached hydrogen (secondary N) is 3. The molecule has 5 N–H and O–H groups in total. The molecule has 4 aromatic heterocycles. The number of nitrogens with two attached hydrogens (primary N) is 1. The van der Waals surface area contributed by atoms with E-state index in [0.717, 1.165) is 15.0 Å². The first-order chi connectivity index (χ1) is 16.5. The number of hydrogen-bond donors (Lipinski definition) is 4. The van der Waals surface area contributed by atoms with Crippen LogP contribution in [0.2, 0.25) is 0 Å². The van der Waals surface area contributed by atoms with E-state index in [1.54, 1.807) is 24.5 Å². The summed E-state index contributed by atoms with van der Waals surface area (Å²) in [4.78, 5) is 41.6. The number of nitrogens with zero attached hydrogens (tertiary/aromatic N) is 3. The molecule has 10 nitrogen and oxygen atoms in total. The molecule has 0 atom stereocenters. The Bertz CT molecular complexity index is 1670. The van der Waals surface area contributed by atoms with Gasteiger partial charge in [0, 0.05) is 29.1 Å². The highest BCUT2D eigenvalue weighted by Gasteiger charge is 2.31. The lowest BCUT2D eigenvalue weighted by Crippen LogP contribution is -2.28. The van der Waals surface area contributed by atoms with Gasteiger partial charge in [-0.3, -0.25) is 23.8 Å². The number of aryl methyl sites for hydroxylation is 1. The van der Waals surface area contributed by atoms with Gasteiger partial charge in [0.05, 0.1) is 33.2 Å². The van der Waals surface area contributed by atoms with Gasteiger partial charge in [0.2, 0.25) is 0 Å². The van der Waals surface area contributed by atoms with Gasteiger partial charge >= 0.3 is 11.9 Å². The van der Waals surface area contributed by atoms with Crippen LogP contribution in [0.1, 0.15) is 20.0 Å². The zero-order valence-corrected chi connectivity index (χ0v) is 18.7. The van der Waals surface area contributed by atoms with Gasteiger partial charge in [-0.2, -0.15) is 18.3 Å². The van der Waals surface area contributed by atoms with E-state index in [2.05, 4.69) is 20.5 Å². The molecule has 5 aromatic rings. The number of aromatic nitrogens is 5. The van der Waals surface area contributed by atoms with Crippen molar-refractivity contribution in [1.29, 1.82) is 0 Å². The highest BCUT2D eigenvalue weighted by Crippen LogP contribution is 2.32. The van der Waals surface area contributed by atoms with Crippen LogP contribution in [0.4, 0.5) is 19.0 Å². The molecule has 4 heterocycles. The van der Waals surface area contributed by atoms with Crippen LogP contribution in [0.15, 0.2) is 41.5 Å². The van der Waals surface area contributed by atoms with Crippen LogP contribution >= 0.6 is 11.3 Å². The average Bonchev–Trinajstić information content (AvgIpc) is 3.55. The Morgan fingerprint density at radius 1 is 1.23 bits per heavy atom. The van der Waals surface area contributed by atoms with Gasteiger partial charge in [-0.1, -0.05) is 0 Å². The number of anilines is 1. The lowest BCUT2D eigenvalue weighted by Gasteiger charge is -2.07. The van der Waals surface area contributed by atoms with Crippen LogP contribution in [0, 0.1) is 0 Å². The molecule has 2 amide bonds. The van der Waals surface area contributed by atoms with Gasteiger partial charge in [0.25, 0.3) is 11.8 Å². The third-order valence-corrected chi connectivity index (χ3v) is 6.63. The van der Waals surface area contributed by atoms with E-state index in [1.807, 2.05) is 0 Å². The van der Waals surface area contributed by atoms with Gasteiger partial charge in [0.15, 0.2) is 0 Å². The molecule has 1 aromatic carbocycles. The third-order valence-electron chi connectivity index (χ3n) is 5.50. The number of fused-ring (bicyclic) bond motifs is 2. The smallest absolute Gasteiger partial charge is 0.365 e. The number of aromatic amines is 2. The number of alkyl halides is 3. The van der Waals surface area contributed by atoms with E-state index in [-0.39, 0.29) is 27.8 Å². The molecular formula is C21H16F3N7O3S. The Morgan fingerprint density at radius 3 is 2.66 bits per heavy atom. The molecule has 0 unspecified atom stereocenters. The van der Waals surface area contributed by atoms with Crippen molar-refractivity contribution in [2.45, 2.75) is 12.7 Å². The number of thiophene rings is 1. The van der Waals surface area contributed by atoms with E-state index >= 15 is 0 Å². The van der Waals surface area contributed by atoms with Crippen molar-refractivity contribution in [2.75, 3.05) is 5.32 Å². The Labute approximate surface area is 197 Å². The van der Waals surface area contributed by atoms with Crippen molar-refractivity contribution in [3.63, 3.8) is 0 Å². The van der Waals surface area contributed by atoms with Crippen LogP contribution < -0.4 is 16.7 Å². The molecule has 0 radical (unpaired) electrons. The zero-order chi connectivity index (χ0) is 25.1. The van der Waals surface area contributed by atoms with Gasteiger partial charge in [0.1, 0.15) is 12.4 Å². The van der Waals surface area contributed by atoms with Crippen LogP contribution in [-0.2, 0) is 13.6 Å². The van der Waals surface area contributed by atoms with E-state index in [0.29, 0.717) is 15.0 Å². The number of halogens is 3. The van der Waals surface area contributed by atoms with Gasteiger partial charge < -0.3 is 16.0 Å². The van der Waals surface area contributed by atoms with Crippen LogP contribution in [-0.4, -0.2) is 42.3 Å². The summed E-state index contributed by atoms with van der Waals surface area (Å²) in [6, 6.07) is 6.08. The summed E-state index contributed by atoms with van der Waals surface area (Å²) in [5.74, 6) is -1.43. The average molecular weight is 503 g/mol. The van der Waals surface area contributed by atoms with Crippen molar-refractivity contribution >= 4 is 50.9 Å². The molecule has 0 spiro atoms. The number of hydrogen-bond acceptors (Lipinski definition) is 5. The fraction of sp³-hybridized carbons (Fsp3) is 0.143. The summed E-state index contributed by atoms with van der Waals surface area (Å²) >= 11 is 1.20. The SMILES string of the molecule is Cn1c(=O)n(CC(F)(F)F)c2cc3c(C(N)=O)c(NC(=O)c4ccc(-c5cn[nH]c5)s4)[nH]c3cc21.